The van der Waals surface area contributed by atoms with Gasteiger partial charge in [0, 0.05) is 11.9 Å². The summed E-state index contributed by atoms with van der Waals surface area (Å²) in [6.07, 6.45) is 4.62. The smallest absolute Gasteiger partial charge is 0.355 e. The topological polar surface area (TPSA) is 97.1 Å². The first-order valence-electron chi connectivity index (χ1n) is 6.65. The highest BCUT2D eigenvalue weighted by atomic mass is 32.1. The number of rotatable bonds is 4. The number of carboxylic acids is 1. The van der Waals surface area contributed by atoms with Crippen LogP contribution in [-0.4, -0.2) is 31.7 Å². The molecule has 0 saturated heterocycles. The number of carbonyl (C=O) groups excluding carboxylic acids is 1. The predicted octanol–water partition coefficient (Wildman–Crippen LogP) is 1.30. The molecule has 2 N–H and O–H groups in total. The van der Waals surface area contributed by atoms with Crippen molar-refractivity contribution in [1.29, 1.82) is 0 Å². The fourth-order valence-electron chi connectivity index (χ4n) is 2.35. The molecular weight excluding hydrogens is 292 g/mol. The Balaban J connectivity index is 1.66. The SMILES string of the molecule is O=C(O)c1csc(CNC(=O)c2cnn3c2CCCC3)n1. The second-order valence-corrected chi connectivity index (χ2v) is 5.74. The van der Waals surface area contributed by atoms with Crippen molar-refractivity contribution in [2.75, 3.05) is 0 Å². The minimum absolute atomic E-state index is 0.00663. The molecule has 0 unspecified atom stereocenters. The monoisotopic (exact) mass is 306 g/mol. The van der Waals surface area contributed by atoms with E-state index in [0.717, 1.165) is 31.5 Å². The lowest BCUT2D eigenvalue weighted by Crippen LogP contribution is -2.24. The van der Waals surface area contributed by atoms with Crippen molar-refractivity contribution >= 4 is 23.2 Å². The van der Waals surface area contributed by atoms with E-state index in [2.05, 4.69) is 15.4 Å². The molecule has 21 heavy (non-hydrogen) atoms. The Bertz CT molecular complexity index is 691. The third-order valence-corrected chi connectivity index (χ3v) is 4.25. The van der Waals surface area contributed by atoms with Crippen LogP contribution in [0.15, 0.2) is 11.6 Å². The molecule has 0 radical (unpaired) electrons. The van der Waals surface area contributed by atoms with E-state index in [1.165, 1.54) is 16.7 Å². The summed E-state index contributed by atoms with van der Waals surface area (Å²) in [5.74, 6) is -1.25. The van der Waals surface area contributed by atoms with Crippen molar-refractivity contribution in [3.05, 3.63) is 33.5 Å². The first-order chi connectivity index (χ1) is 10.1. The molecule has 0 atom stereocenters. The summed E-state index contributed by atoms with van der Waals surface area (Å²) in [5.41, 5.74) is 1.58. The minimum Gasteiger partial charge on any atom is -0.476 e. The Labute approximate surface area is 124 Å². The molecule has 7 nitrogen and oxygen atoms in total. The average molecular weight is 306 g/mol. The predicted molar refractivity (Wildman–Crippen MR) is 75.4 cm³/mol. The van der Waals surface area contributed by atoms with Crippen LogP contribution in [0.3, 0.4) is 0 Å². The number of hydrogen-bond acceptors (Lipinski definition) is 5. The molecule has 3 heterocycles. The number of aromatic carboxylic acids is 1. The van der Waals surface area contributed by atoms with Gasteiger partial charge >= 0.3 is 5.97 Å². The summed E-state index contributed by atoms with van der Waals surface area (Å²) in [6, 6.07) is 0. The quantitative estimate of drug-likeness (QED) is 0.887. The molecule has 110 valence electrons. The van der Waals surface area contributed by atoms with Crippen LogP contribution >= 0.6 is 11.3 Å². The van der Waals surface area contributed by atoms with Gasteiger partial charge < -0.3 is 10.4 Å². The number of fused-ring (bicyclic) bond motifs is 1. The van der Waals surface area contributed by atoms with Crippen molar-refractivity contribution in [3.8, 4) is 0 Å². The summed E-state index contributed by atoms with van der Waals surface area (Å²) in [7, 11) is 0. The molecule has 0 bridgehead atoms. The molecule has 0 saturated carbocycles. The van der Waals surface area contributed by atoms with Crippen molar-refractivity contribution in [2.45, 2.75) is 32.4 Å². The highest BCUT2D eigenvalue weighted by Gasteiger charge is 2.19. The number of nitrogens with zero attached hydrogens (tertiary/aromatic N) is 3. The maximum Gasteiger partial charge on any atom is 0.355 e. The van der Waals surface area contributed by atoms with Gasteiger partial charge in [-0.05, 0) is 19.3 Å². The van der Waals surface area contributed by atoms with Gasteiger partial charge in [-0.1, -0.05) is 0 Å². The van der Waals surface area contributed by atoms with Gasteiger partial charge in [0.25, 0.3) is 5.91 Å². The largest absolute Gasteiger partial charge is 0.476 e. The van der Waals surface area contributed by atoms with Crippen LogP contribution in [0.1, 0.15) is 44.4 Å². The van der Waals surface area contributed by atoms with Crippen molar-refractivity contribution in [1.82, 2.24) is 20.1 Å². The van der Waals surface area contributed by atoms with Crippen LogP contribution in [-0.2, 0) is 19.5 Å². The van der Waals surface area contributed by atoms with Gasteiger partial charge in [-0.3, -0.25) is 9.48 Å². The summed E-state index contributed by atoms with van der Waals surface area (Å²) in [4.78, 5) is 26.9. The zero-order chi connectivity index (χ0) is 14.8. The van der Waals surface area contributed by atoms with Gasteiger partial charge in [0.05, 0.1) is 24.0 Å². The van der Waals surface area contributed by atoms with Crippen LogP contribution in [0, 0.1) is 0 Å². The zero-order valence-corrected chi connectivity index (χ0v) is 12.0. The van der Waals surface area contributed by atoms with Crippen LogP contribution < -0.4 is 5.32 Å². The second-order valence-electron chi connectivity index (χ2n) is 4.80. The van der Waals surface area contributed by atoms with E-state index in [0.29, 0.717) is 10.6 Å². The number of aryl methyl sites for hydroxylation is 1. The average Bonchev–Trinajstić information content (AvgIpc) is 3.11. The zero-order valence-electron chi connectivity index (χ0n) is 11.2. The van der Waals surface area contributed by atoms with Gasteiger partial charge in [-0.2, -0.15) is 5.10 Å². The Morgan fingerprint density at radius 1 is 1.43 bits per heavy atom. The standard InChI is InChI=1S/C13H14N4O3S/c18-12(8-5-15-17-4-2-1-3-10(8)17)14-6-11-16-9(7-21-11)13(19)20/h5,7H,1-4,6H2,(H,14,18)(H,19,20). The molecule has 0 spiro atoms. The first-order valence-corrected chi connectivity index (χ1v) is 7.53. The van der Waals surface area contributed by atoms with E-state index in [1.54, 1.807) is 6.20 Å². The number of thiazole rings is 1. The van der Waals surface area contributed by atoms with Crippen molar-refractivity contribution in [2.24, 2.45) is 0 Å². The first kappa shape index (κ1) is 13.7. The van der Waals surface area contributed by atoms with E-state index in [-0.39, 0.29) is 18.1 Å². The third-order valence-electron chi connectivity index (χ3n) is 3.40. The number of hydrogen-bond donors (Lipinski definition) is 2. The Morgan fingerprint density at radius 2 is 2.29 bits per heavy atom. The normalized spacial score (nSPS) is 13.7. The van der Waals surface area contributed by atoms with Crippen molar-refractivity contribution < 1.29 is 14.7 Å². The highest BCUT2D eigenvalue weighted by molar-refractivity contribution is 7.09. The number of nitrogens with one attached hydrogen (secondary N) is 1. The molecule has 1 amide bonds. The molecule has 1 aliphatic rings. The lowest BCUT2D eigenvalue weighted by molar-refractivity contribution is 0.0691. The Hall–Kier alpha value is -2.22. The maximum absolute atomic E-state index is 12.2. The number of aromatic nitrogens is 3. The number of amides is 1. The van der Waals surface area contributed by atoms with Gasteiger partial charge in [0.15, 0.2) is 5.69 Å². The molecule has 0 aromatic carbocycles. The van der Waals surface area contributed by atoms with E-state index in [9.17, 15) is 9.59 Å². The van der Waals surface area contributed by atoms with E-state index >= 15 is 0 Å². The fraction of sp³-hybridized carbons (Fsp3) is 0.385. The minimum atomic E-state index is -1.06. The van der Waals surface area contributed by atoms with Gasteiger partial charge in [-0.15, -0.1) is 11.3 Å². The maximum atomic E-state index is 12.2. The molecule has 0 aliphatic carbocycles. The van der Waals surface area contributed by atoms with Crippen LogP contribution in [0.25, 0.3) is 0 Å². The summed E-state index contributed by atoms with van der Waals surface area (Å²) in [6.45, 7) is 1.08. The fourth-order valence-corrected chi connectivity index (χ4v) is 3.06. The van der Waals surface area contributed by atoms with E-state index in [4.69, 9.17) is 5.11 Å². The van der Waals surface area contributed by atoms with E-state index < -0.39 is 5.97 Å². The van der Waals surface area contributed by atoms with Gasteiger partial charge in [-0.25, -0.2) is 9.78 Å². The lowest BCUT2D eigenvalue weighted by atomic mass is 10.1. The summed E-state index contributed by atoms with van der Waals surface area (Å²) in [5, 5.41) is 17.8. The lowest BCUT2D eigenvalue weighted by Gasteiger charge is -2.14. The number of carbonyl (C=O) groups is 2. The molecule has 3 rings (SSSR count). The third kappa shape index (κ3) is 2.80. The number of carboxylic acid groups (broad SMARTS) is 1. The molecule has 2 aromatic rings. The Kier molecular flexibility index (Phi) is 3.70. The van der Waals surface area contributed by atoms with Gasteiger partial charge in [0.2, 0.25) is 0 Å². The van der Waals surface area contributed by atoms with Crippen molar-refractivity contribution in [3.63, 3.8) is 0 Å². The molecule has 8 heteroatoms. The van der Waals surface area contributed by atoms with Crippen LogP contribution in [0.4, 0.5) is 0 Å². The molecular formula is C13H14N4O3S. The van der Waals surface area contributed by atoms with Crippen LogP contribution in [0.5, 0.6) is 0 Å². The molecule has 1 aliphatic heterocycles. The van der Waals surface area contributed by atoms with Gasteiger partial charge in [0.1, 0.15) is 5.01 Å². The second kappa shape index (κ2) is 5.65. The van der Waals surface area contributed by atoms with Crippen LogP contribution in [0.2, 0.25) is 0 Å². The molecule has 0 fully saturated rings. The Morgan fingerprint density at radius 3 is 3.05 bits per heavy atom. The van der Waals surface area contributed by atoms with E-state index in [1.807, 2.05) is 4.68 Å². The summed E-state index contributed by atoms with van der Waals surface area (Å²) >= 11 is 1.22. The highest BCUT2D eigenvalue weighted by Crippen LogP contribution is 2.18. The molecule has 2 aromatic heterocycles. The summed E-state index contributed by atoms with van der Waals surface area (Å²) < 4.78 is 1.88.